The van der Waals surface area contributed by atoms with E-state index in [9.17, 15) is 9.00 Å². The van der Waals surface area contributed by atoms with Crippen molar-refractivity contribution in [2.45, 2.75) is 59.3 Å². The summed E-state index contributed by atoms with van der Waals surface area (Å²) in [4.78, 5) is 20.6. The van der Waals surface area contributed by atoms with Crippen LogP contribution in [0.4, 0.5) is 11.4 Å². The molecule has 4 aromatic rings. The highest BCUT2D eigenvalue weighted by Crippen LogP contribution is 2.37. The summed E-state index contributed by atoms with van der Waals surface area (Å²) in [5.74, 6) is 1.04. The molecule has 2 atom stereocenters. The van der Waals surface area contributed by atoms with E-state index in [2.05, 4.69) is 51.8 Å². The second-order valence-electron chi connectivity index (χ2n) is 10.9. The van der Waals surface area contributed by atoms with Crippen LogP contribution in [0, 0.1) is 19.8 Å². The third-order valence-electron chi connectivity index (χ3n) is 8.09. The van der Waals surface area contributed by atoms with Crippen molar-refractivity contribution in [1.29, 1.82) is 0 Å². The molecule has 0 radical (unpaired) electrons. The van der Waals surface area contributed by atoms with E-state index in [0.29, 0.717) is 0 Å². The maximum atomic E-state index is 12.9. The number of rotatable bonds is 3. The van der Waals surface area contributed by atoms with Crippen LogP contribution in [-0.2, 0) is 11.0 Å². The Kier molecular flexibility index (Phi) is 12.6. The molecule has 45 heavy (non-hydrogen) atoms. The van der Waals surface area contributed by atoms with Crippen LogP contribution in [0.1, 0.15) is 62.0 Å². The zero-order chi connectivity index (χ0) is 32.3. The van der Waals surface area contributed by atoms with Gasteiger partial charge in [0.05, 0.1) is 16.5 Å². The van der Waals surface area contributed by atoms with Gasteiger partial charge < -0.3 is 10.2 Å². The molecule has 0 bridgehead atoms. The number of fused-ring (bicyclic) bond motifs is 3. The van der Waals surface area contributed by atoms with E-state index < -0.39 is 11.0 Å². The summed E-state index contributed by atoms with van der Waals surface area (Å²) in [6.07, 6.45) is 1.90. The van der Waals surface area contributed by atoms with Crippen LogP contribution in [0.15, 0.2) is 94.8 Å². The molecule has 2 saturated heterocycles. The minimum absolute atomic E-state index is 0.0838. The van der Waals surface area contributed by atoms with E-state index in [1.807, 2.05) is 89.2 Å². The Labute approximate surface area is 272 Å². The molecule has 0 aromatic heterocycles. The van der Waals surface area contributed by atoms with Gasteiger partial charge in [-0.3, -0.25) is 4.79 Å². The fourth-order valence-electron chi connectivity index (χ4n) is 5.92. The topological polar surface area (TPSA) is 65.0 Å². The average molecular weight is 625 g/mol. The lowest BCUT2D eigenvalue weighted by molar-refractivity contribution is 0.0954. The van der Waals surface area contributed by atoms with E-state index >= 15 is 0 Å². The normalized spacial score (nSPS) is 18.0. The molecule has 1 N–H and O–H groups in total. The Bertz CT molecular complexity index is 1630. The standard InChI is InChI=1S/C18H16N2O.C16H20N2OS.2C2H6/c1-12-7-8-16-15(11-12)17(21)14-9-10-20(18(14)19-16)13-5-3-2-4-6-13;1-13-5-2-7-15-14(13)6-3-8-16(15)20(19)18-11-4-9-17-10-12-18;2*1-2/h2-8,11,14H,9-10H2,1H3;2-3,5-8,17H,4,9-12H2,1H3;2*1-2H3. The van der Waals surface area contributed by atoms with E-state index in [4.69, 9.17) is 4.99 Å². The van der Waals surface area contributed by atoms with E-state index in [-0.39, 0.29) is 11.7 Å². The Morgan fingerprint density at radius 1 is 0.800 bits per heavy atom. The molecule has 0 aliphatic carbocycles. The number of aryl methyl sites for hydroxylation is 2. The molecule has 4 aromatic carbocycles. The van der Waals surface area contributed by atoms with Crippen molar-refractivity contribution >= 4 is 44.8 Å². The highest BCUT2D eigenvalue weighted by Gasteiger charge is 2.39. The number of hydrogen-bond donors (Lipinski definition) is 1. The summed E-state index contributed by atoms with van der Waals surface area (Å²) < 4.78 is 15.0. The van der Waals surface area contributed by atoms with Crippen molar-refractivity contribution in [3.05, 3.63) is 102 Å². The Morgan fingerprint density at radius 3 is 2.31 bits per heavy atom. The maximum absolute atomic E-state index is 12.9. The number of ketones is 1. The number of para-hydroxylation sites is 1. The summed E-state index contributed by atoms with van der Waals surface area (Å²) in [6, 6.07) is 28.4. The van der Waals surface area contributed by atoms with Gasteiger partial charge in [0.2, 0.25) is 0 Å². The first-order valence-electron chi connectivity index (χ1n) is 16.4. The van der Waals surface area contributed by atoms with Crippen molar-refractivity contribution < 1.29 is 9.00 Å². The van der Waals surface area contributed by atoms with Gasteiger partial charge >= 0.3 is 0 Å². The monoisotopic (exact) mass is 624 g/mol. The molecule has 6 nitrogen and oxygen atoms in total. The van der Waals surface area contributed by atoms with E-state index in [0.717, 1.165) is 84.2 Å². The molecule has 7 rings (SSSR count). The van der Waals surface area contributed by atoms with Crippen LogP contribution < -0.4 is 10.2 Å². The van der Waals surface area contributed by atoms with Crippen LogP contribution >= 0.6 is 0 Å². The third-order valence-corrected chi connectivity index (χ3v) is 9.65. The molecule has 7 heteroatoms. The molecular formula is C38H48N4O2S. The SMILES string of the molecule is CC.CC.Cc1ccc2c(c1)C(=O)C1CCN(c3ccccc3)C1=N2.Cc1cccc2c(S(=O)N3CCCNCC3)cccc12. The molecule has 238 valence electrons. The number of anilines is 1. The number of amidine groups is 1. The van der Waals surface area contributed by atoms with Gasteiger partial charge in [-0.15, -0.1) is 0 Å². The van der Waals surface area contributed by atoms with Crippen LogP contribution in [0.5, 0.6) is 0 Å². The fourth-order valence-corrected chi connectivity index (χ4v) is 7.31. The van der Waals surface area contributed by atoms with Gasteiger partial charge in [0.25, 0.3) is 0 Å². The lowest BCUT2D eigenvalue weighted by atomic mass is 9.91. The number of nitrogens with one attached hydrogen (secondary N) is 1. The highest BCUT2D eigenvalue weighted by molar-refractivity contribution is 7.83. The van der Waals surface area contributed by atoms with Crippen LogP contribution in [0.3, 0.4) is 0 Å². The van der Waals surface area contributed by atoms with Crippen molar-refractivity contribution in [2.24, 2.45) is 10.9 Å². The predicted molar refractivity (Wildman–Crippen MR) is 191 cm³/mol. The molecule has 0 spiro atoms. The Hall–Kier alpha value is -3.65. The van der Waals surface area contributed by atoms with Gasteiger partial charge in [-0.2, -0.15) is 0 Å². The van der Waals surface area contributed by atoms with Crippen LogP contribution in [0.2, 0.25) is 0 Å². The summed E-state index contributed by atoms with van der Waals surface area (Å²) in [7, 11) is -1.07. The van der Waals surface area contributed by atoms with Crippen molar-refractivity contribution in [2.75, 3.05) is 37.6 Å². The zero-order valence-corrected chi connectivity index (χ0v) is 28.5. The number of nitrogens with zero attached hydrogens (tertiary/aromatic N) is 3. The fraction of sp³-hybridized carbons (Fsp3) is 0.368. The molecule has 3 aliphatic heterocycles. The maximum Gasteiger partial charge on any atom is 0.175 e. The number of benzene rings is 4. The molecule has 3 heterocycles. The second-order valence-corrected chi connectivity index (χ2v) is 12.3. The average Bonchev–Trinajstić information content (AvgIpc) is 3.32. The number of Topliss-reactive ketones (excluding diaryl/α,β-unsaturated/α-hetero) is 1. The minimum Gasteiger partial charge on any atom is -0.329 e. The molecule has 3 aliphatic rings. The van der Waals surface area contributed by atoms with Gasteiger partial charge in [-0.25, -0.2) is 13.5 Å². The van der Waals surface area contributed by atoms with Gasteiger partial charge in [0.15, 0.2) is 5.78 Å². The first kappa shape index (κ1) is 34.2. The summed E-state index contributed by atoms with van der Waals surface area (Å²) in [5, 5.41) is 5.67. The van der Waals surface area contributed by atoms with E-state index in [1.54, 1.807) is 0 Å². The zero-order valence-electron chi connectivity index (χ0n) is 27.7. The second kappa shape index (κ2) is 16.6. The quantitative estimate of drug-likeness (QED) is 0.249. The molecule has 2 fully saturated rings. The Morgan fingerprint density at radius 2 is 1.53 bits per heavy atom. The summed E-state index contributed by atoms with van der Waals surface area (Å²) in [6.45, 7) is 16.6. The third kappa shape index (κ3) is 7.78. The van der Waals surface area contributed by atoms with Gasteiger partial charge in [-0.1, -0.05) is 87.9 Å². The van der Waals surface area contributed by atoms with Crippen LogP contribution in [-0.4, -0.2) is 52.9 Å². The summed E-state index contributed by atoms with van der Waals surface area (Å²) >= 11 is 0. The van der Waals surface area contributed by atoms with Gasteiger partial charge in [-0.05, 0) is 79.9 Å². The number of carbonyl (C=O) groups is 1. The molecule has 0 amide bonds. The van der Waals surface area contributed by atoms with Crippen molar-refractivity contribution in [3.63, 3.8) is 0 Å². The van der Waals surface area contributed by atoms with Crippen LogP contribution in [0.25, 0.3) is 10.8 Å². The van der Waals surface area contributed by atoms with E-state index in [1.165, 1.54) is 10.9 Å². The number of aliphatic imine (C=N–C) groups is 1. The smallest absolute Gasteiger partial charge is 0.175 e. The highest BCUT2D eigenvalue weighted by atomic mass is 32.2. The largest absolute Gasteiger partial charge is 0.329 e. The summed E-state index contributed by atoms with van der Waals surface area (Å²) in [5.41, 5.74) is 5.04. The van der Waals surface area contributed by atoms with Gasteiger partial charge in [0.1, 0.15) is 16.8 Å². The molecular weight excluding hydrogens is 577 g/mol. The molecule has 2 unspecified atom stereocenters. The minimum atomic E-state index is -1.07. The first-order chi connectivity index (χ1) is 22.0. The number of carbonyl (C=O) groups excluding carboxylic acids is 1. The Balaban J connectivity index is 0.000000185. The number of hydrogen-bond acceptors (Lipinski definition) is 5. The van der Waals surface area contributed by atoms with Crippen molar-refractivity contribution in [1.82, 2.24) is 9.62 Å². The lowest BCUT2D eigenvalue weighted by Crippen LogP contribution is -2.32. The van der Waals surface area contributed by atoms with Crippen molar-refractivity contribution in [3.8, 4) is 0 Å². The first-order valence-corrected chi connectivity index (χ1v) is 17.5. The molecule has 0 saturated carbocycles. The predicted octanol–water partition coefficient (Wildman–Crippen LogP) is 8.27. The van der Waals surface area contributed by atoms with Gasteiger partial charge in [0, 0.05) is 37.4 Å². The lowest BCUT2D eigenvalue weighted by Gasteiger charge is -2.24.